The van der Waals surface area contributed by atoms with Gasteiger partial charge in [-0.15, -0.1) is 0 Å². The molecule has 1 aliphatic rings. The van der Waals surface area contributed by atoms with Crippen molar-refractivity contribution in [1.82, 2.24) is 4.90 Å². The molecular formula is C15H20FNO. The second kappa shape index (κ2) is 4.81. The van der Waals surface area contributed by atoms with Crippen molar-refractivity contribution >= 4 is 5.78 Å². The second-order valence-electron chi connectivity index (χ2n) is 5.55. The van der Waals surface area contributed by atoms with E-state index in [4.69, 9.17) is 0 Å². The Morgan fingerprint density at radius 1 is 1.28 bits per heavy atom. The van der Waals surface area contributed by atoms with Gasteiger partial charge in [0.25, 0.3) is 0 Å². The van der Waals surface area contributed by atoms with Gasteiger partial charge in [-0.05, 0) is 58.3 Å². The summed E-state index contributed by atoms with van der Waals surface area (Å²) in [4.78, 5) is 14.7. The van der Waals surface area contributed by atoms with Crippen LogP contribution >= 0.6 is 0 Å². The molecule has 2 rings (SSSR count). The van der Waals surface area contributed by atoms with Crippen molar-refractivity contribution in [3.63, 3.8) is 0 Å². The lowest BCUT2D eigenvalue weighted by Gasteiger charge is -2.33. The van der Waals surface area contributed by atoms with Crippen LogP contribution in [0.2, 0.25) is 0 Å². The van der Waals surface area contributed by atoms with Gasteiger partial charge in [0, 0.05) is 5.56 Å². The van der Waals surface area contributed by atoms with Gasteiger partial charge < -0.3 is 0 Å². The summed E-state index contributed by atoms with van der Waals surface area (Å²) in [5.41, 5.74) is 0.499. The van der Waals surface area contributed by atoms with E-state index in [1.54, 1.807) is 19.1 Å². The Morgan fingerprint density at radius 3 is 2.44 bits per heavy atom. The molecule has 0 N–H and O–H groups in total. The minimum Gasteiger partial charge on any atom is -0.292 e. The summed E-state index contributed by atoms with van der Waals surface area (Å²) in [6.45, 7) is 7.46. The number of nitrogens with zero attached hydrogens (tertiary/aromatic N) is 1. The first-order valence-corrected chi connectivity index (χ1v) is 6.49. The fourth-order valence-electron chi connectivity index (χ4n) is 2.51. The molecule has 2 nitrogen and oxygen atoms in total. The van der Waals surface area contributed by atoms with Crippen LogP contribution in [0.4, 0.5) is 4.39 Å². The smallest absolute Gasteiger partial charge is 0.182 e. The maximum absolute atomic E-state index is 13.5. The molecule has 0 radical (unpaired) electrons. The quantitative estimate of drug-likeness (QED) is 0.767. The standard InChI is InChI=1S/C15H20FNO/c1-11-6-7-12(10-13(11)16)14(18)15(2,3)17-8-4-5-9-17/h6-7,10H,4-5,8-9H2,1-3H3. The van der Waals surface area contributed by atoms with Gasteiger partial charge in [-0.25, -0.2) is 4.39 Å². The van der Waals surface area contributed by atoms with Gasteiger partial charge in [0.1, 0.15) is 5.82 Å². The zero-order valence-corrected chi connectivity index (χ0v) is 11.3. The van der Waals surface area contributed by atoms with Crippen LogP contribution in [0.25, 0.3) is 0 Å². The first kappa shape index (κ1) is 13.2. The fourth-order valence-corrected chi connectivity index (χ4v) is 2.51. The summed E-state index contributed by atoms with van der Waals surface area (Å²) in [6.07, 6.45) is 2.28. The van der Waals surface area contributed by atoms with E-state index < -0.39 is 5.54 Å². The highest BCUT2D eigenvalue weighted by Crippen LogP contribution is 2.25. The van der Waals surface area contributed by atoms with E-state index in [2.05, 4.69) is 4.90 Å². The number of hydrogen-bond donors (Lipinski definition) is 0. The minimum absolute atomic E-state index is 0.00306. The van der Waals surface area contributed by atoms with Gasteiger partial charge in [0.05, 0.1) is 5.54 Å². The summed E-state index contributed by atoms with van der Waals surface area (Å²) in [7, 11) is 0. The molecule has 18 heavy (non-hydrogen) atoms. The van der Waals surface area contributed by atoms with Crippen molar-refractivity contribution in [2.75, 3.05) is 13.1 Å². The van der Waals surface area contributed by atoms with Gasteiger partial charge >= 0.3 is 0 Å². The van der Waals surface area contributed by atoms with Crippen LogP contribution in [0.1, 0.15) is 42.6 Å². The van der Waals surface area contributed by atoms with Crippen LogP contribution in [0.15, 0.2) is 18.2 Å². The lowest BCUT2D eigenvalue weighted by Crippen LogP contribution is -2.48. The second-order valence-corrected chi connectivity index (χ2v) is 5.55. The third-order valence-electron chi connectivity index (χ3n) is 3.89. The summed E-state index contributed by atoms with van der Waals surface area (Å²) in [6, 6.07) is 4.75. The van der Waals surface area contributed by atoms with Gasteiger partial charge in [0.15, 0.2) is 5.78 Å². The molecular weight excluding hydrogens is 229 g/mol. The third-order valence-corrected chi connectivity index (χ3v) is 3.89. The van der Waals surface area contributed by atoms with E-state index >= 15 is 0 Å². The van der Waals surface area contributed by atoms with Crippen LogP contribution in [0.3, 0.4) is 0 Å². The molecule has 1 aromatic carbocycles. The molecule has 0 spiro atoms. The average molecular weight is 249 g/mol. The number of halogens is 1. The molecule has 0 unspecified atom stereocenters. The van der Waals surface area contributed by atoms with Crippen molar-refractivity contribution in [2.45, 2.75) is 39.2 Å². The Kier molecular flexibility index (Phi) is 3.53. The summed E-state index contributed by atoms with van der Waals surface area (Å²) in [5, 5.41) is 0. The van der Waals surface area contributed by atoms with Crippen molar-refractivity contribution < 1.29 is 9.18 Å². The molecule has 0 aliphatic carbocycles. The van der Waals surface area contributed by atoms with Crippen LogP contribution in [-0.4, -0.2) is 29.3 Å². The Hall–Kier alpha value is -1.22. The summed E-state index contributed by atoms with van der Waals surface area (Å²) < 4.78 is 13.5. The number of ketones is 1. The largest absolute Gasteiger partial charge is 0.292 e. The minimum atomic E-state index is -0.543. The Bertz CT molecular complexity index is 462. The van der Waals surface area contributed by atoms with E-state index in [0.29, 0.717) is 11.1 Å². The summed E-state index contributed by atoms with van der Waals surface area (Å²) in [5.74, 6) is -0.304. The van der Waals surface area contributed by atoms with Gasteiger partial charge in [0.2, 0.25) is 0 Å². The normalized spacial score (nSPS) is 17.1. The third kappa shape index (κ3) is 2.32. The maximum Gasteiger partial charge on any atom is 0.182 e. The van der Waals surface area contributed by atoms with E-state index in [9.17, 15) is 9.18 Å². The molecule has 1 heterocycles. The first-order chi connectivity index (χ1) is 8.43. The van der Waals surface area contributed by atoms with Gasteiger partial charge in [-0.2, -0.15) is 0 Å². The SMILES string of the molecule is Cc1ccc(C(=O)C(C)(C)N2CCCC2)cc1F. The number of rotatable bonds is 3. The monoisotopic (exact) mass is 249 g/mol. The molecule has 1 fully saturated rings. The number of hydrogen-bond acceptors (Lipinski definition) is 2. The first-order valence-electron chi connectivity index (χ1n) is 6.49. The van der Waals surface area contributed by atoms with E-state index in [-0.39, 0.29) is 11.6 Å². The average Bonchev–Trinajstić information content (AvgIpc) is 2.86. The molecule has 0 amide bonds. The molecule has 0 aromatic heterocycles. The number of carbonyl (C=O) groups excluding carboxylic acids is 1. The van der Waals surface area contributed by atoms with Gasteiger partial charge in [-0.1, -0.05) is 12.1 Å². The Labute approximate surface area is 108 Å². The highest BCUT2D eigenvalue weighted by atomic mass is 19.1. The lowest BCUT2D eigenvalue weighted by atomic mass is 9.91. The van der Waals surface area contributed by atoms with Crippen molar-refractivity contribution in [3.8, 4) is 0 Å². The predicted molar refractivity (Wildman–Crippen MR) is 70.4 cm³/mol. The van der Waals surface area contributed by atoms with Crippen LogP contribution in [0.5, 0.6) is 0 Å². The highest BCUT2D eigenvalue weighted by molar-refractivity contribution is 6.02. The fraction of sp³-hybridized carbons (Fsp3) is 0.533. The molecule has 3 heteroatoms. The van der Waals surface area contributed by atoms with E-state index in [1.807, 2.05) is 13.8 Å². The number of likely N-dealkylation sites (tertiary alicyclic amines) is 1. The van der Waals surface area contributed by atoms with E-state index in [0.717, 1.165) is 25.9 Å². The van der Waals surface area contributed by atoms with Crippen LogP contribution in [-0.2, 0) is 0 Å². The lowest BCUT2D eigenvalue weighted by molar-refractivity contribution is 0.0702. The predicted octanol–water partition coefficient (Wildman–Crippen LogP) is 3.19. The van der Waals surface area contributed by atoms with E-state index in [1.165, 1.54) is 6.07 Å². The molecule has 1 aliphatic heterocycles. The zero-order valence-electron chi connectivity index (χ0n) is 11.3. The number of benzene rings is 1. The van der Waals surface area contributed by atoms with Gasteiger partial charge in [-0.3, -0.25) is 9.69 Å². The Balaban J connectivity index is 2.26. The zero-order chi connectivity index (χ0) is 13.3. The number of Topliss-reactive ketones (excluding diaryl/α,β-unsaturated/α-hetero) is 1. The number of aryl methyl sites for hydroxylation is 1. The maximum atomic E-state index is 13.5. The van der Waals surface area contributed by atoms with Crippen LogP contribution < -0.4 is 0 Å². The topological polar surface area (TPSA) is 20.3 Å². The van der Waals surface area contributed by atoms with Crippen molar-refractivity contribution in [1.29, 1.82) is 0 Å². The molecule has 0 atom stereocenters. The number of carbonyl (C=O) groups is 1. The van der Waals surface area contributed by atoms with Crippen molar-refractivity contribution in [2.24, 2.45) is 0 Å². The molecule has 0 saturated carbocycles. The van der Waals surface area contributed by atoms with Crippen molar-refractivity contribution in [3.05, 3.63) is 35.1 Å². The van der Waals surface area contributed by atoms with Crippen LogP contribution in [0, 0.1) is 12.7 Å². The summed E-state index contributed by atoms with van der Waals surface area (Å²) >= 11 is 0. The highest BCUT2D eigenvalue weighted by Gasteiger charge is 2.36. The molecule has 0 bridgehead atoms. The molecule has 98 valence electrons. The molecule has 1 saturated heterocycles. The molecule has 1 aromatic rings. The Morgan fingerprint density at radius 2 is 1.89 bits per heavy atom.